The van der Waals surface area contributed by atoms with Gasteiger partial charge in [0.15, 0.2) is 6.10 Å². The lowest BCUT2D eigenvalue weighted by atomic mass is 9.88. The first-order valence-corrected chi connectivity index (χ1v) is 8.07. The average Bonchev–Trinajstić information content (AvgIpc) is 2.48. The fourth-order valence-electron chi connectivity index (χ4n) is 2.14. The van der Waals surface area contributed by atoms with E-state index >= 15 is 0 Å². The molecule has 1 rings (SSSR count). The number of carboxylic acid groups (broad SMARTS) is 1. The topological polar surface area (TPSA) is 75.6 Å². The molecular formula is C16H22BrNO4. The minimum atomic E-state index is -0.925. The van der Waals surface area contributed by atoms with Gasteiger partial charge < -0.3 is 15.2 Å². The van der Waals surface area contributed by atoms with Crippen molar-refractivity contribution in [3.8, 4) is 5.75 Å². The molecular weight excluding hydrogens is 350 g/mol. The zero-order chi connectivity index (χ0) is 16.8. The molecule has 1 aromatic rings. The molecule has 0 saturated carbocycles. The summed E-state index contributed by atoms with van der Waals surface area (Å²) in [5, 5.41) is 11.9. The van der Waals surface area contributed by atoms with Crippen LogP contribution in [-0.4, -0.2) is 28.6 Å². The molecule has 122 valence electrons. The van der Waals surface area contributed by atoms with Gasteiger partial charge in [0.2, 0.25) is 0 Å². The first-order valence-electron chi connectivity index (χ1n) is 7.28. The summed E-state index contributed by atoms with van der Waals surface area (Å²) in [7, 11) is 0. The first kappa shape index (κ1) is 18.5. The predicted octanol–water partition coefficient (Wildman–Crippen LogP) is 3.37. The third-order valence-corrected chi connectivity index (χ3v) is 4.26. The summed E-state index contributed by atoms with van der Waals surface area (Å²) < 4.78 is 6.52. The predicted molar refractivity (Wildman–Crippen MR) is 87.9 cm³/mol. The number of carboxylic acids is 1. The largest absolute Gasteiger partial charge is 0.481 e. The second-order valence-corrected chi connectivity index (χ2v) is 6.18. The molecule has 1 aromatic carbocycles. The highest BCUT2D eigenvalue weighted by Gasteiger charge is 2.32. The Kier molecular flexibility index (Phi) is 6.87. The van der Waals surface area contributed by atoms with Gasteiger partial charge in [-0.05, 0) is 44.0 Å². The number of hydrogen-bond acceptors (Lipinski definition) is 3. The second kappa shape index (κ2) is 8.17. The average molecular weight is 372 g/mol. The lowest BCUT2D eigenvalue weighted by Gasteiger charge is -2.32. The number of aliphatic carboxylic acids is 1. The number of amides is 1. The van der Waals surface area contributed by atoms with E-state index in [0.29, 0.717) is 18.6 Å². The van der Waals surface area contributed by atoms with Crippen molar-refractivity contribution < 1.29 is 19.4 Å². The zero-order valence-electron chi connectivity index (χ0n) is 13.1. The number of hydrogen-bond donors (Lipinski definition) is 2. The van der Waals surface area contributed by atoms with E-state index in [9.17, 15) is 9.59 Å². The smallest absolute Gasteiger partial charge is 0.305 e. The summed E-state index contributed by atoms with van der Waals surface area (Å²) in [6.07, 6.45) is 0.294. The molecule has 0 aliphatic heterocycles. The van der Waals surface area contributed by atoms with E-state index < -0.39 is 17.6 Å². The highest BCUT2D eigenvalue weighted by atomic mass is 79.9. The highest BCUT2D eigenvalue weighted by Crippen LogP contribution is 2.21. The number of carbonyl (C=O) groups excluding carboxylic acids is 1. The minimum Gasteiger partial charge on any atom is -0.481 e. The van der Waals surface area contributed by atoms with E-state index in [4.69, 9.17) is 9.84 Å². The van der Waals surface area contributed by atoms with Gasteiger partial charge in [-0.2, -0.15) is 0 Å². The Bertz CT molecular complexity index is 511. The Labute approximate surface area is 139 Å². The maximum Gasteiger partial charge on any atom is 0.305 e. The third kappa shape index (κ3) is 5.33. The SMILES string of the molecule is CCC(CC)(CC(=O)O)NC(=O)C(C)Oc1ccc(Br)cc1. The van der Waals surface area contributed by atoms with Crippen LogP contribution in [0.25, 0.3) is 0 Å². The zero-order valence-corrected chi connectivity index (χ0v) is 14.6. The van der Waals surface area contributed by atoms with Gasteiger partial charge in [-0.3, -0.25) is 9.59 Å². The third-order valence-electron chi connectivity index (χ3n) is 3.73. The van der Waals surface area contributed by atoms with Crippen molar-refractivity contribution in [3.05, 3.63) is 28.7 Å². The molecule has 0 heterocycles. The number of nitrogens with one attached hydrogen (secondary N) is 1. The Morgan fingerprint density at radius 1 is 1.27 bits per heavy atom. The lowest BCUT2D eigenvalue weighted by Crippen LogP contribution is -2.52. The van der Waals surface area contributed by atoms with Gasteiger partial charge >= 0.3 is 5.97 Å². The first-order chi connectivity index (χ1) is 10.3. The molecule has 0 radical (unpaired) electrons. The van der Waals surface area contributed by atoms with Crippen molar-refractivity contribution in [2.24, 2.45) is 0 Å². The summed E-state index contributed by atoms with van der Waals surface area (Å²) in [5.74, 6) is -0.652. The molecule has 1 unspecified atom stereocenters. The Hall–Kier alpha value is -1.56. The van der Waals surface area contributed by atoms with Crippen LogP contribution in [0.15, 0.2) is 28.7 Å². The van der Waals surface area contributed by atoms with Gasteiger partial charge in [0, 0.05) is 4.47 Å². The van der Waals surface area contributed by atoms with E-state index in [0.717, 1.165) is 4.47 Å². The summed E-state index contributed by atoms with van der Waals surface area (Å²) in [6, 6.07) is 7.18. The number of ether oxygens (including phenoxy) is 1. The van der Waals surface area contributed by atoms with Crippen LogP contribution in [0.3, 0.4) is 0 Å². The van der Waals surface area contributed by atoms with Gasteiger partial charge in [0.1, 0.15) is 5.75 Å². The van der Waals surface area contributed by atoms with Crippen molar-refractivity contribution in [1.29, 1.82) is 0 Å². The summed E-state index contributed by atoms with van der Waals surface area (Å²) >= 11 is 3.33. The van der Waals surface area contributed by atoms with E-state index in [1.807, 2.05) is 26.0 Å². The molecule has 0 saturated heterocycles. The number of benzene rings is 1. The van der Waals surface area contributed by atoms with Crippen molar-refractivity contribution in [2.45, 2.75) is 51.7 Å². The van der Waals surface area contributed by atoms with Crippen molar-refractivity contribution in [1.82, 2.24) is 5.32 Å². The normalized spacial score (nSPS) is 12.5. The molecule has 1 atom stereocenters. The summed E-state index contributed by atoms with van der Waals surface area (Å²) in [4.78, 5) is 23.3. The molecule has 0 bridgehead atoms. The van der Waals surface area contributed by atoms with Crippen LogP contribution < -0.4 is 10.1 Å². The molecule has 0 aliphatic rings. The van der Waals surface area contributed by atoms with Crippen molar-refractivity contribution in [3.63, 3.8) is 0 Å². The minimum absolute atomic E-state index is 0.100. The standard InChI is InChI=1S/C16H22BrNO4/c1-4-16(5-2,10-14(19)20)18-15(21)11(3)22-13-8-6-12(17)7-9-13/h6-9,11H,4-5,10H2,1-3H3,(H,18,21)(H,19,20). The molecule has 6 heteroatoms. The molecule has 5 nitrogen and oxygen atoms in total. The summed E-state index contributed by atoms with van der Waals surface area (Å²) in [5.41, 5.74) is -0.736. The fraction of sp³-hybridized carbons (Fsp3) is 0.500. The number of halogens is 1. The van der Waals surface area contributed by atoms with Crippen LogP contribution in [0.5, 0.6) is 5.75 Å². The maximum atomic E-state index is 12.3. The fourth-order valence-corrected chi connectivity index (χ4v) is 2.41. The van der Waals surface area contributed by atoms with Gasteiger partial charge in [0.25, 0.3) is 5.91 Å². The summed E-state index contributed by atoms with van der Waals surface area (Å²) in [6.45, 7) is 5.38. The quantitative estimate of drug-likeness (QED) is 0.734. The molecule has 22 heavy (non-hydrogen) atoms. The second-order valence-electron chi connectivity index (χ2n) is 5.26. The van der Waals surface area contributed by atoms with Gasteiger partial charge in [-0.25, -0.2) is 0 Å². The van der Waals surface area contributed by atoms with E-state index in [1.165, 1.54) is 0 Å². The van der Waals surface area contributed by atoms with Gasteiger partial charge in [0.05, 0.1) is 12.0 Å². The van der Waals surface area contributed by atoms with Crippen LogP contribution >= 0.6 is 15.9 Å². The maximum absolute atomic E-state index is 12.3. The molecule has 0 aromatic heterocycles. The molecule has 2 N–H and O–H groups in total. The van der Waals surface area contributed by atoms with Gasteiger partial charge in [-0.15, -0.1) is 0 Å². The Morgan fingerprint density at radius 3 is 2.27 bits per heavy atom. The van der Waals surface area contributed by atoms with Gasteiger partial charge in [-0.1, -0.05) is 29.8 Å². The molecule has 0 spiro atoms. The number of rotatable bonds is 8. The lowest BCUT2D eigenvalue weighted by molar-refractivity contribution is -0.139. The van der Waals surface area contributed by atoms with E-state index in [1.54, 1.807) is 19.1 Å². The van der Waals surface area contributed by atoms with E-state index in [-0.39, 0.29) is 12.3 Å². The highest BCUT2D eigenvalue weighted by molar-refractivity contribution is 9.10. The Balaban J connectivity index is 2.72. The van der Waals surface area contributed by atoms with Crippen LogP contribution in [0.2, 0.25) is 0 Å². The molecule has 0 fully saturated rings. The van der Waals surface area contributed by atoms with Crippen molar-refractivity contribution in [2.75, 3.05) is 0 Å². The van der Waals surface area contributed by atoms with E-state index in [2.05, 4.69) is 21.2 Å². The van der Waals surface area contributed by atoms with Crippen molar-refractivity contribution >= 4 is 27.8 Å². The van der Waals surface area contributed by atoms with Crippen LogP contribution in [0.1, 0.15) is 40.0 Å². The van der Waals surface area contributed by atoms with Crippen LogP contribution in [0, 0.1) is 0 Å². The monoisotopic (exact) mass is 371 g/mol. The van der Waals surface area contributed by atoms with Crippen LogP contribution in [0.4, 0.5) is 0 Å². The molecule has 1 amide bonds. The Morgan fingerprint density at radius 2 is 1.82 bits per heavy atom. The van der Waals surface area contributed by atoms with Crippen LogP contribution in [-0.2, 0) is 9.59 Å². The number of carbonyl (C=O) groups is 2. The molecule has 0 aliphatic carbocycles.